The first-order valence-electron chi connectivity index (χ1n) is 5.04. The number of rotatable bonds is 5. The number of carboxylic acid groups (broad SMARTS) is 1. The molecule has 1 aromatic carbocycles. The number of ether oxygens (including phenoxy) is 2. The summed E-state index contributed by atoms with van der Waals surface area (Å²) in [5.41, 5.74) is 0.174. The van der Waals surface area contributed by atoms with Gasteiger partial charge in [-0.1, -0.05) is 0 Å². The molecule has 0 radical (unpaired) electrons. The van der Waals surface area contributed by atoms with Crippen LogP contribution in [0.5, 0.6) is 11.5 Å². The van der Waals surface area contributed by atoms with E-state index in [0.29, 0.717) is 0 Å². The number of hydrogen-bond acceptors (Lipinski definition) is 3. The predicted octanol–water partition coefficient (Wildman–Crippen LogP) is 2.61. The van der Waals surface area contributed by atoms with Gasteiger partial charge in [-0.05, 0) is 24.6 Å². The summed E-state index contributed by atoms with van der Waals surface area (Å²) in [5, 5.41) is 8.61. The zero-order valence-electron chi connectivity index (χ0n) is 9.45. The number of hydrogen-bond donors (Lipinski definition) is 1. The van der Waals surface area contributed by atoms with Gasteiger partial charge in [-0.15, -0.1) is 13.2 Å². The Hall–Kier alpha value is -1.92. The topological polar surface area (TPSA) is 55.8 Å². The van der Waals surface area contributed by atoms with Crippen molar-refractivity contribution in [2.75, 3.05) is 6.61 Å². The molecule has 0 aliphatic rings. The van der Waals surface area contributed by atoms with Gasteiger partial charge in [0.05, 0.1) is 13.0 Å². The van der Waals surface area contributed by atoms with Crippen molar-refractivity contribution in [3.63, 3.8) is 0 Å². The number of benzene rings is 1. The number of aliphatic carboxylic acids is 1. The second-order valence-electron chi connectivity index (χ2n) is 3.36. The largest absolute Gasteiger partial charge is 0.573 e. The van der Waals surface area contributed by atoms with E-state index in [-0.39, 0.29) is 17.9 Å². The van der Waals surface area contributed by atoms with E-state index in [2.05, 4.69) is 4.74 Å². The third-order valence-corrected chi connectivity index (χ3v) is 1.84. The predicted molar refractivity (Wildman–Crippen MR) is 55.6 cm³/mol. The molecule has 0 heterocycles. The van der Waals surface area contributed by atoms with Crippen molar-refractivity contribution in [3.8, 4) is 11.5 Å². The maximum absolute atomic E-state index is 12.1. The highest BCUT2D eigenvalue weighted by atomic mass is 19.4. The van der Waals surface area contributed by atoms with Gasteiger partial charge in [-0.25, -0.2) is 0 Å². The fourth-order valence-electron chi connectivity index (χ4n) is 1.35. The van der Waals surface area contributed by atoms with Gasteiger partial charge in [-0.2, -0.15) is 0 Å². The Kier molecular flexibility index (Phi) is 4.41. The Bertz CT molecular complexity index is 429. The van der Waals surface area contributed by atoms with Crippen LogP contribution >= 0.6 is 0 Å². The third-order valence-electron chi connectivity index (χ3n) is 1.84. The molecule has 0 aliphatic heterocycles. The summed E-state index contributed by atoms with van der Waals surface area (Å²) in [6.07, 6.45) is -5.24. The summed E-state index contributed by atoms with van der Waals surface area (Å²) in [4.78, 5) is 10.5. The lowest BCUT2D eigenvalue weighted by Gasteiger charge is -2.12. The first kappa shape index (κ1) is 14.1. The molecule has 0 atom stereocenters. The van der Waals surface area contributed by atoms with Crippen molar-refractivity contribution in [1.82, 2.24) is 0 Å². The van der Waals surface area contributed by atoms with Crippen LogP contribution in [0.4, 0.5) is 13.2 Å². The Morgan fingerprint density at radius 1 is 1.28 bits per heavy atom. The van der Waals surface area contributed by atoms with Crippen molar-refractivity contribution >= 4 is 5.97 Å². The lowest BCUT2D eigenvalue weighted by Crippen LogP contribution is -2.17. The van der Waals surface area contributed by atoms with Gasteiger partial charge in [0.2, 0.25) is 0 Å². The Morgan fingerprint density at radius 2 is 1.89 bits per heavy atom. The molecular formula is C11H11F3O4. The Labute approximate surface area is 101 Å². The quantitative estimate of drug-likeness (QED) is 0.888. The molecule has 0 bridgehead atoms. The van der Waals surface area contributed by atoms with Crippen LogP contribution < -0.4 is 9.47 Å². The summed E-state index contributed by atoms with van der Waals surface area (Å²) >= 11 is 0. The molecule has 0 fully saturated rings. The smallest absolute Gasteiger partial charge is 0.494 e. The van der Waals surface area contributed by atoms with E-state index in [1.807, 2.05) is 0 Å². The molecule has 0 aliphatic carbocycles. The highest BCUT2D eigenvalue weighted by molar-refractivity contribution is 5.70. The van der Waals surface area contributed by atoms with Gasteiger partial charge in [0.15, 0.2) is 0 Å². The molecule has 0 saturated heterocycles. The minimum Gasteiger partial charge on any atom is -0.494 e. The monoisotopic (exact) mass is 264 g/mol. The van der Waals surface area contributed by atoms with Crippen LogP contribution in [-0.2, 0) is 11.2 Å². The molecule has 100 valence electrons. The number of carboxylic acids is 1. The van der Waals surface area contributed by atoms with Crippen LogP contribution in [-0.4, -0.2) is 24.0 Å². The van der Waals surface area contributed by atoms with Crippen molar-refractivity contribution in [2.45, 2.75) is 19.7 Å². The molecule has 0 spiro atoms. The van der Waals surface area contributed by atoms with Gasteiger partial charge in [0, 0.05) is 6.07 Å². The van der Waals surface area contributed by atoms with Crippen LogP contribution in [0, 0.1) is 0 Å². The first-order chi connectivity index (χ1) is 8.30. The normalized spacial score (nSPS) is 11.1. The van der Waals surface area contributed by atoms with E-state index in [1.165, 1.54) is 6.07 Å². The lowest BCUT2D eigenvalue weighted by atomic mass is 10.1. The lowest BCUT2D eigenvalue weighted by molar-refractivity contribution is -0.274. The van der Waals surface area contributed by atoms with Crippen molar-refractivity contribution in [1.29, 1.82) is 0 Å². The molecule has 1 rings (SSSR count). The summed E-state index contributed by atoms with van der Waals surface area (Å²) in [5.74, 6) is -1.51. The Morgan fingerprint density at radius 3 is 2.39 bits per heavy atom. The summed E-state index contributed by atoms with van der Waals surface area (Å²) in [7, 11) is 0. The van der Waals surface area contributed by atoms with Crippen molar-refractivity contribution in [2.24, 2.45) is 0 Å². The van der Waals surface area contributed by atoms with Crippen LogP contribution in [0.3, 0.4) is 0 Å². The van der Waals surface area contributed by atoms with Gasteiger partial charge in [0.1, 0.15) is 11.5 Å². The summed E-state index contributed by atoms with van der Waals surface area (Å²) in [6.45, 7) is 1.91. The Balaban J connectivity index is 3.01. The van der Waals surface area contributed by atoms with Crippen molar-refractivity contribution < 1.29 is 32.5 Å². The van der Waals surface area contributed by atoms with E-state index in [9.17, 15) is 18.0 Å². The minimum absolute atomic E-state index is 0.135. The zero-order valence-corrected chi connectivity index (χ0v) is 9.45. The fourth-order valence-corrected chi connectivity index (χ4v) is 1.35. The maximum atomic E-state index is 12.1. The van der Waals surface area contributed by atoms with E-state index in [0.717, 1.165) is 12.1 Å². The van der Waals surface area contributed by atoms with E-state index in [4.69, 9.17) is 9.84 Å². The standard InChI is InChI=1S/C11H11F3O4/c1-2-17-8-3-7(5-10(15)16)4-9(6-8)18-11(12,13)14/h3-4,6H,2,5H2,1H3,(H,15,16). The number of halogens is 3. The fraction of sp³-hybridized carbons (Fsp3) is 0.364. The van der Waals surface area contributed by atoms with E-state index < -0.39 is 24.5 Å². The average molecular weight is 264 g/mol. The van der Waals surface area contributed by atoms with Gasteiger partial charge < -0.3 is 14.6 Å². The molecule has 1 aromatic rings. The number of alkyl halides is 3. The highest BCUT2D eigenvalue weighted by Gasteiger charge is 2.31. The molecule has 7 heteroatoms. The minimum atomic E-state index is -4.83. The molecule has 1 N–H and O–H groups in total. The molecule has 18 heavy (non-hydrogen) atoms. The molecular weight excluding hydrogens is 253 g/mol. The van der Waals surface area contributed by atoms with E-state index >= 15 is 0 Å². The number of carbonyl (C=O) groups is 1. The maximum Gasteiger partial charge on any atom is 0.573 e. The van der Waals surface area contributed by atoms with Crippen LogP contribution in [0.2, 0.25) is 0 Å². The van der Waals surface area contributed by atoms with Gasteiger partial charge >= 0.3 is 12.3 Å². The molecule has 4 nitrogen and oxygen atoms in total. The SMILES string of the molecule is CCOc1cc(CC(=O)O)cc(OC(F)(F)F)c1. The zero-order chi connectivity index (χ0) is 13.8. The first-order valence-corrected chi connectivity index (χ1v) is 5.04. The summed E-state index contributed by atoms with van der Waals surface area (Å²) < 4.78 is 45.0. The van der Waals surface area contributed by atoms with Crippen LogP contribution in [0.25, 0.3) is 0 Å². The average Bonchev–Trinajstić information content (AvgIpc) is 2.12. The van der Waals surface area contributed by atoms with Crippen LogP contribution in [0.1, 0.15) is 12.5 Å². The second-order valence-corrected chi connectivity index (χ2v) is 3.36. The molecule has 0 aromatic heterocycles. The molecule has 0 amide bonds. The summed E-state index contributed by atoms with van der Waals surface area (Å²) in [6, 6.07) is 3.44. The third kappa shape index (κ3) is 4.94. The van der Waals surface area contributed by atoms with Crippen LogP contribution in [0.15, 0.2) is 18.2 Å². The highest BCUT2D eigenvalue weighted by Crippen LogP contribution is 2.28. The molecule has 0 unspecified atom stereocenters. The molecule has 0 saturated carbocycles. The van der Waals surface area contributed by atoms with Crippen molar-refractivity contribution in [3.05, 3.63) is 23.8 Å². The van der Waals surface area contributed by atoms with E-state index in [1.54, 1.807) is 6.92 Å². The second kappa shape index (κ2) is 5.61. The van der Waals surface area contributed by atoms with Gasteiger partial charge in [0.25, 0.3) is 0 Å². The van der Waals surface area contributed by atoms with Gasteiger partial charge in [-0.3, -0.25) is 4.79 Å².